The van der Waals surface area contributed by atoms with Crippen LogP contribution in [0.25, 0.3) is 0 Å². The van der Waals surface area contributed by atoms with Crippen molar-refractivity contribution >= 4 is 28.4 Å². The first kappa shape index (κ1) is 17.2. The zero-order valence-corrected chi connectivity index (χ0v) is 13.9. The van der Waals surface area contributed by atoms with Gasteiger partial charge in [0.15, 0.2) is 0 Å². The average molecular weight is 321 g/mol. The SMILES string of the molecule is CCc1nn(CC)c(CS(=O)C(C)CC(=O)OC)c1Cl. The second-order valence-electron chi connectivity index (χ2n) is 4.49. The van der Waals surface area contributed by atoms with E-state index in [0.717, 1.165) is 17.8 Å². The highest BCUT2D eigenvalue weighted by Gasteiger charge is 2.21. The lowest BCUT2D eigenvalue weighted by molar-refractivity contribution is -0.140. The number of ether oxygens (including phenoxy) is 1. The number of hydrogen-bond donors (Lipinski definition) is 0. The van der Waals surface area contributed by atoms with Crippen molar-refractivity contribution in [3.63, 3.8) is 0 Å². The third kappa shape index (κ3) is 4.06. The smallest absolute Gasteiger partial charge is 0.306 e. The van der Waals surface area contributed by atoms with Crippen molar-refractivity contribution < 1.29 is 13.7 Å². The van der Waals surface area contributed by atoms with Gasteiger partial charge in [-0.25, -0.2) is 0 Å². The van der Waals surface area contributed by atoms with Gasteiger partial charge in [-0.1, -0.05) is 25.4 Å². The van der Waals surface area contributed by atoms with E-state index in [1.54, 1.807) is 11.6 Å². The number of rotatable bonds is 7. The molecule has 0 aliphatic rings. The first-order valence-electron chi connectivity index (χ1n) is 6.62. The minimum absolute atomic E-state index is 0.141. The topological polar surface area (TPSA) is 61.2 Å². The van der Waals surface area contributed by atoms with Crippen LogP contribution in [0, 0.1) is 0 Å². The maximum atomic E-state index is 12.3. The molecule has 0 spiro atoms. The van der Waals surface area contributed by atoms with Crippen LogP contribution in [0.5, 0.6) is 0 Å². The maximum absolute atomic E-state index is 12.3. The molecule has 1 aromatic heterocycles. The van der Waals surface area contributed by atoms with Crippen LogP contribution in [-0.4, -0.2) is 32.3 Å². The Balaban J connectivity index is 2.84. The fourth-order valence-corrected chi connectivity index (χ4v) is 3.43. The number of carbonyl (C=O) groups excluding carboxylic acids is 1. The first-order valence-corrected chi connectivity index (χ1v) is 8.38. The van der Waals surface area contributed by atoms with E-state index in [1.807, 2.05) is 13.8 Å². The molecule has 0 bridgehead atoms. The van der Waals surface area contributed by atoms with Crippen molar-refractivity contribution in [1.82, 2.24) is 9.78 Å². The quantitative estimate of drug-likeness (QED) is 0.723. The van der Waals surface area contributed by atoms with Crippen LogP contribution in [0.3, 0.4) is 0 Å². The van der Waals surface area contributed by atoms with Gasteiger partial charge >= 0.3 is 5.97 Å². The monoisotopic (exact) mass is 320 g/mol. The molecule has 0 aliphatic carbocycles. The molecule has 7 heteroatoms. The number of aryl methyl sites for hydroxylation is 2. The number of methoxy groups -OCH3 is 1. The summed E-state index contributed by atoms with van der Waals surface area (Å²) in [4.78, 5) is 11.2. The summed E-state index contributed by atoms with van der Waals surface area (Å²) in [5.74, 6) is -0.0483. The molecule has 1 aromatic rings. The van der Waals surface area contributed by atoms with Gasteiger partial charge in [-0.2, -0.15) is 5.10 Å². The summed E-state index contributed by atoms with van der Waals surface area (Å²) in [5.41, 5.74) is 1.60. The molecule has 0 aromatic carbocycles. The minimum Gasteiger partial charge on any atom is -0.469 e. The van der Waals surface area contributed by atoms with Crippen LogP contribution in [-0.2, 0) is 39.0 Å². The van der Waals surface area contributed by atoms with Gasteiger partial charge in [0.2, 0.25) is 0 Å². The molecule has 20 heavy (non-hydrogen) atoms. The van der Waals surface area contributed by atoms with Crippen molar-refractivity contribution in [2.24, 2.45) is 0 Å². The Labute approximate surface area is 127 Å². The minimum atomic E-state index is -1.19. The Bertz CT molecular complexity index is 502. The summed E-state index contributed by atoms with van der Waals surface area (Å²) >= 11 is 6.28. The van der Waals surface area contributed by atoms with E-state index >= 15 is 0 Å². The van der Waals surface area contributed by atoms with Crippen LogP contribution < -0.4 is 0 Å². The zero-order chi connectivity index (χ0) is 15.3. The highest BCUT2D eigenvalue weighted by Crippen LogP contribution is 2.24. The summed E-state index contributed by atoms with van der Waals surface area (Å²) in [6.45, 7) is 6.40. The predicted molar refractivity (Wildman–Crippen MR) is 80.2 cm³/mol. The van der Waals surface area contributed by atoms with E-state index in [4.69, 9.17) is 11.6 Å². The average Bonchev–Trinajstić information content (AvgIpc) is 2.74. The van der Waals surface area contributed by atoms with Crippen molar-refractivity contribution in [2.75, 3.05) is 7.11 Å². The number of halogens is 1. The lowest BCUT2D eigenvalue weighted by atomic mass is 10.3. The molecule has 0 saturated carbocycles. The third-order valence-electron chi connectivity index (χ3n) is 3.10. The molecule has 0 aliphatic heterocycles. The summed E-state index contributed by atoms with van der Waals surface area (Å²) in [6.07, 6.45) is 0.880. The van der Waals surface area contributed by atoms with E-state index in [0.29, 0.717) is 17.3 Å². The lowest BCUT2D eigenvalue weighted by Gasteiger charge is -2.11. The van der Waals surface area contributed by atoms with Crippen molar-refractivity contribution in [3.05, 3.63) is 16.4 Å². The Morgan fingerprint density at radius 2 is 2.15 bits per heavy atom. The summed E-state index contributed by atoms with van der Waals surface area (Å²) in [6, 6.07) is 0. The molecular weight excluding hydrogens is 300 g/mol. The van der Waals surface area contributed by atoms with Gasteiger partial charge in [-0.15, -0.1) is 0 Å². The molecule has 0 fully saturated rings. The van der Waals surface area contributed by atoms with Crippen LogP contribution in [0.1, 0.15) is 38.6 Å². The van der Waals surface area contributed by atoms with Gasteiger partial charge in [-0.3, -0.25) is 13.7 Å². The lowest BCUT2D eigenvalue weighted by Crippen LogP contribution is -2.19. The molecular formula is C13H21ClN2O3S. The summed E-state index contributed by atoms with van der Waals surface area (Å²) in [5, 5.41) is 4.71. The number of aromatic nitrogens is 2. The predicted octanol–water partition coefficient (Wildman–Crippen LogP) is 2.32. The normalized spacial score (nSPS) is 14.1. The van der Waals surface area contributed by atoms with E-state index < -0.39 is 10.8 Å². The number of hydrogen-bond acceptors (Lipinski definition) is 4. The van der Waals surface area contributed by atoms with Gasteiger partial charge < -0.3 is 4.74 Å². The highest BCUT2D eigenvalue weighted by atomic mass is 35.5. The molecule has 0 amide bonds. The fourth-order valence-electron chi connectivity index (χ4n) is 1.84. The Kier molecular flexibility index (Phi) is 6.68. The third-order valence-corrected chi connectivity index (χ3v) is 5.16. The van der Waals surface area contributed by atoms with Crippen LogP contribution in [0.4, 0.5) is 0 Å². The molecule has 0 saturated heterocycles. The van der Waals surface area contributed by atoms with Crippen molar-refractivity contribution in [1.29, 1.82) is 0 Å². The van der Waals surface area contributed by atoms with E-state index in [-0.39, 0.29) is 17.6 Å². The molecule has 0 N–H and O–H groups in total. The van der Waals surface area contributed by atoms with Gasteiger partial charge in [0.1, 0.15) is 0 Å². The number of esters is 1. The molecule has 2 atom stereocenters. The Morgan fingerprint density at radius 1 is 1.50 bits per heavy atom. The van der Waals surface area contributed by atoms with Crippen molar-refractivity contribution in [2.45, 2.75) is 51.2 Å². The van der Waals surface area contributed by atoms with Crippen molar-refractivity contribution in [3.8, 4) is 0 Å². The molecule has 0 radical (unpaired) electrons. The first-order chi connectivity index (χ1) is 9.44. The van der Waals surface area contributed by atoms with Gasteiger partial charge in [-0.05, 0) is 13.3 Å². The van der Waals surface area contributed by atoms with Crippen LogP contribution >= 0.6 is 11.6 Å². The maximum Gasteiger partial charge on any atom is 0.306 e. The molecule has 1 rings (SSSR count). The summed E-state index contributed by atoms with van der Waals surface area (Å²) < 4.78 is 18.7. The van der Waals surface area contributed by atoms with Crippen LogP contribution in [0.15, 0.2) is 0 Å². The molecule has 1 heterocycles. The largest absolute Gasteiger partial charge is 0.469 e. The summed E-state index contributed by atoms with van der Waals surface area (Å²) in [7, 11) is 0.133. The molecule has 2 unspecified atom stereocenters. The highest BCUT2D eigenvalue weighted by molar-refractivity contribution is 7.84. The van der Waals surface area contributed by atoms with Gasteiger partial charge in [0, 0.05) is 22.6 Å². The van der Waals surface area contributed by atoms with Gasteiger partial charge in [0.25, 0.3) is 0 Å². The zero-order valence-electron chi connectivity index (χ0n) is 12.3. The van der Waals surface area contributed by atoms with Crippen LogP contribution in [0.2, 0.25) is 5.02 Å². The second-order valence-corrected chi connectivity index (χ2v) is 6.73. The van der Waals surface area contributed by atoms with E-state index in [1.165, 1.54) is 7.11 Å². The Hall–Kier alpha value is -0.880. The molecule has 114 valence electrons. The van der Waals surface area contributed by atoms with E-state index in [2.05, 4.69) is 9.84 Å². The number of carbonyl (C=O) groups is 1. The van der Waals surface area contributed by atoms with Gasteiger partial charge in [0.05, 0.1) is 35.7 Å². The standard InChI is InChI=1S/C13H21ClN2O3S/c1-5-10-13(14)11(16(6-2)15-10)8-20(18)9(3)7-12(17)19-4/h9H,5-8H2,1-4H3. The Morgan fingerprint density at radius 3 is 2.65 bits per heavy atom. The molecule has 5 nitrogen and oxygen atoms in total. The fraction of sp³-hybridized carbons (Fsp3) is 0.692. The second kappa shape index (κ2) is 7.78. The van der Waals surface area contributed by atoms with E-state index in [9.17, 15) is 9.00 Å². The number of nitrogens with zero attached hydrogens (tertiary/aromatic N) is 2.